The maximum Gasteiger partial charge on any atom is 0.471 e. The predicted octanol–water partition coefficient (Wildman–Crippen LogP) is 4.77. The molecule has 0 radical (unpaired) electrons. The van der Waals surface area contributed by atoms with E-state index in [9.17, 15) is 13.2 Å². The number of nitrogens with zero attached hydrogens (tertiary/aromatic N) is 4. The first-order chi connectivity index (χ1) is 12.9. The van der Waals surface area contributed by atoms with E-state index in [1.807, 2.05) is 23.1 Å². The van der Waals surface area contributed by atoms with Gasteiger partial charge >= 0.3 is 12.1 Å². The van der Waals surface area contributed by atoms with Crippen molar-refractivity contribution in [1.82, 2.24) is 19.9 Å². The van der Waals surface area contributed by atoms with E-state index in [0.29, 0.717) is 17.3 Å². The molecule has 0 saturated heterocycles. The third-order valence-electron chi connectivity index (χ3n) is 4.25. The number of thiophene rings is 1. The van der Waals surface area contributed by atoms with Gasteiger partial charge in [0, 0.05) is 11.1 Å². The molecule has 0 amide bonds. The molecule has 10 heteroatoms. The maximum absolute atomic E-state index is 12.6. The molecule has 1 aliphatic carbocycles. The van der Waals surface area contributed by atoms with Gasteiger partial charge in [-0.3, -0.25) is 4.68 Å². The van der Waals surface area contributed by atoms with Crippen LogP contribution in [0.25, 0.3) is 10.7 Å². The molecular weight excluding hydrogens is 397 g/mol. The Bertz CT molecular complexity index is 955. The largest absolute Gasteiger partial charge is 0.471 e. The summed E-state index contributed by atoms with van der Waals surface area (Å²) in [5, 5.41) is 7.76. The van der Waals surface area contributed by atoms with Gasteiger partial charge in [-0.15, -0.1) is 11.3 Å². The molecule has 0 spiro atoms. The number of thiocarbonyl (C=S) groups is 1. The van der Waals surface area contributed by atoms with Crippen LogP contribution in [0.1, 0.15) is 35.6 Å². The first kappa shape index (κ1) is 18.3. The molecule has 1 saturated carbocycles. The van der Waals surface area contributed by atoms with E-state index in [0.717, 1.165) is 28.1 Å². The number of alkyl halides is 3. The smallest absolute Gasteiger partial charge is 0.329 e. The molecule has 4 rings (SSSR count). The lowest BCUT2D eigenvalue weighted by atomic mass is 10.1. The maximum atomic E-state index is 12.6. The van der Waals surface area contributed by atoms with Crippen LogP contribution in [0.15, 0.2) is 29.0 Å². The molecule has 1 fully saturated rings. The predicted molar refractivity (Wildman–Crippen MR) is 97.6 cm³/mol. The number of aryl methyl sites for hydroxylation is 1. The highest BCUT2D eigenvalue weighted by molar-refractivity contribution is 7.80. The van der Waals surface area contributed by atoms with Gasteiger partial charge in [-0.2, -0.15) is 23.3 Å². The molecule has 5 nitrogen and oxygen atoms in total. The summed E-state index contributed by atoms with van der Waals surface area (Å²) in [5.41, 5.74) is 1.13. The normalized spacial score (nSPS) is 14.6. The molecule has 3 aromatic heterocycles. The van der Waals surface area contributed by atoms with Crippen molar-refractivity contribution in [1.29, 1.82) is 0 Å². The van der Waals surface area contributed by atoms with Gasteiger partial charge in [0.1, 0.15) is 0 Å². The van der Waals surface area contributed by atoms with Crippen LogP contribution in [0.3, 0.4) is 0 Å². The molecule has 0 aromatic carbocycles. The quantitative estimate of drug-likeness (QED) is 0.523. The van der Waals surface area contributed by atoms with E-state index in [1.165, 1.54) is 24.2 Å². The highest BCUT2D eigenvalue weighted by Crippen LogP contribution is 2.33. The molecule has 3 heterocycles. The second-order valence-corrected chi connectivity index (χ2v) is 8.17. The Hall–Kier alpha value is -2.07. The standard InChI is InChI=1S/C17H15F3N4OS2/c18-17(19,20)16-22-15(23-25-16)14-6-4-12(27-14)9-24-8-10(7-21-24)1-5-13(26)11-2-3-11/h4,6-8,11H,1-3,5,9H2. The van der Waals surface area contributed by atoms with Crippen LogP contribution >= 0.6 is 23.6 Å². The van der Waals surface area contributed by atoms with Crippen LogP contribution < -0.4 is 0 Å². The summed E-state index contributed by atoms with van der Waals surface area (Å²) in [6.07, 6.45) is 3.41. The summed E-state index contributed by atoms with van der Waals surface area (Å²) in [6, 6.07) is 3.51. The van der Waals surface area contributed by atoms with E-state index in [2.05, 4.69) is 19.8 Å². The van der Waals surface area contributed by atoms with Crippen molar-refractivity contribution in [2.45, 2.75) is 38.4 Å². The van der Waals surface area contributed by atoms with Gasteiger partial charge in [0.15, 0.2) is 0 Å². The molecule has 0 bridgehead atoms. The monoisotopic (exact) mass is 412 g/mol. The molecule has 0 atom stereocenters. The number of halogens is 3. The van der Waals surface area contributed by atoms with Crippen molar-refractivity contribution in [3.8, 4) is 10.7 Å². The zero-order chi connectivity index (χ0) is 19.0. The second-order valence-electron chi connectivity index (χ2n) is 6.47. The number of hydrogen-bond donors (Lipinski definition) is 0. The van der Waals surface area contributed by atoms with Gasteiger partial charge in [0.25, 0.3) is 0 Å². The summed E-state index contributed by atoms with van der Waals surface area (Å²) >= 11 is 6.72. The summed E-state index contributed by atoms with van der Waals surface area (Å²) < 4.78 is 43.8. The minimum Gasteiger partial charge on any atom is -0.329 e. The molecule has 0 unspecified atom stereocenters. The topological polar surface area (TPSA) is 56.7 Å². The molecule has 0 aliphatic heterocycles. The van der Waals surface area contributed by atoms with Gasteiger partial charge in [-0.05, 0) is 54.2 Å². The Labute approximate surface area is 162 Å². The van der Waals surface area contributed by atoms with Gasteiger partial charge in [-0.25, -0.2) is 0 Å². The average Bonchev–Trinajstić information content (AvgIpc) is 3.02. The van der Waals surface area contributed by atoms with E-state index < -0.39 is 12.1 Å². The van der Waals surface area contributed by atoms with Crippen LogP contribution in [0.4, 0.5) is 13.2 Å². The Morgan fingerprint density at radius 2 is 2.15 bits per heavy atom. The fourth-order valence-electron chi connectivity index (χ4n) is 2.68. The summed E-state index contributed by atoms with van der Waals surface area (Å²) in [7, 11) is 0. The van der Waals surface area contributed by atoms with Gasteiger partial charge < -0.3 is 4.52 Å². The Morgan fingerprint density at radius 3 is 2.85 bits per heavy atom. The summed E-state index contributed by atoms with van der Waals surface area (Å²) in [5.74, 6) is -0.760. The third-order valence-corrected chi connectivity index (χ3v) is 5.85. The zero-order valence-corrected chi connectivity index (χ0v) is 15.7. The third kappa shape index (κ3) is 4.44. The number of rotatable bonds is 7. The minimum absolute atomic E-state index is 0.0617. The van der Waals surface area contributed by atoms with E-state index in [4.69, 9.17) is 12.2 Å². The summed E-state index contributed by atoms with van der Waals surface area (Å²) in [6.45, 7) is 0.529. The molecule has 27 heavy (non-hydrogen) atoms. The number of aromatic nitrogens is 4. The number of hydrogen-bond acceptors (Lipinski definition) is 6. The lowest BCUT2D eigenvalue weighted by molar-refractivity contribution is -0.159. The molecular formula is C17H15F3N4OS2. The molecule has 3 aromatic rings. The fourth-order valence-corrected chi connectivity index (χ4v) is 3.94. The van der Waals surface area contributed by atoms with Crippen LogP contribution in [0, 0.1) is 5.92 Å². The SMILES string of the molecule is FC(F)(F)c1nc(-c2ccc(Cn3cc(CCC(=S)C4CC4)cn3)s2)no1. The lowest BCUT2D eigenvalue weighted by Gasteiger charge is -1.99. The van der Waals surface area contributed by atoms with Crippen molar-refractivity contribution in [3.63, 3.8) is 0 Å². The van der Waals surface area contributed by atoms with Crippen molar-refractivity contribution < 1.29 is 17.7 Å². The van der Waals surface area contributed by atoms with Crippen LogP contribution in [0.2, 0.25) is 0 Å². The van der Waals surface area contributed by atoms with Crippen molar-refractivity contribution in [3.05, 3.63) is 40.9 Å². The van der Waals surface area contributed by atoms with Gasteiger partial charge in [0.2, 0.25) is 5.82 Å². The van der Waals surface area contributed by atoms with Gasteiger partial charge in [-0.1, -0.05) is 17.4 Å². The first-order valence-corrected chi connectivity index (χ1v) is 9.65. The van der Waals surface area contributed by atoms with E-state index >= 15 is 0 Å². The minimum atomic E-state index is -4.64. The zero-order valence-electron chi connectivity index (χ0n) is 14.1. The van der Waals surface area contributed by atoms with Gasteiger partial charge in [0.05, 0.1) is 17.6 Å². The van der Waals surface area contributed by atoms with Crippen LogP contribution in [-0.2, 0) is 19.1 Å². The van der Waals surface area contributed by atoms with Crippen LogP contribution in [0.5, 0.6) is 0 Å². The molecule has 1 aliphatic rings. The highest BCUT2D eigenvalue weighted by atomic mass is 32.1. The van der Waals surface area contributed by atoms with Crippen LogP contribution in [-0.4, -0.2) is 24.8 Å². The van der Waals surface area contributed by atoms with Crippen molar-refractivity contribution in [2.24, 2.45) is 5.92 Å². The van der Waals surface area contributed by atoms with Crippen molar-refractivity contribution >= 4 is 28.4 Å². The average molecular weight is 412 g/mol. The lowest BCUT2D eigenvalue weighted by Crippen LogP contribution is -2.04. The Balaban J connectivity index is 1.38. The molecule has 142 valence electrons. The second kappa shape index (κ2) is 7.16. The molecule has 0 N–H and O–H groups in total. The van der Waals surface area contributed by atoms with E-state index in [-0.39, 0.29) is 5.82 Å². The first-order valence-electron chi connectivity index (χ1n) is 8.42. The summed E-state index contributed by atoms with van der Waals surface area (Å²) in [4.78, 5) is 6.02. The Kier molecular flexibility index (Phi) is 4.85. The van der Waals surface area contributed by atoms with E-state index in [1.54, 1.807) is 6.07 Å². The van der Waals surface area contributed by atoms with Crippen molar-refractivity contribution in [2.75, 3.05) is 0 Å². The highest BCUT2D eigenvalue weighted by Gasteiger charge is 2.38. The fraction of sp³-hybridized carbons (Fsp3) is 0.412. The Morgan fingerprint density at radius 1 is 1.33 bits per heavy atom.